The van der Waals surface area contributed by atoms with Crippen LogP contribution in [0.1, 0.15) is 23.7 Å². The first-order valence-corrected chi connectivity index (χ1v) is 8.73. The number of carboxylic acids is 1. The molecule has 116 valence electrons. The summed E-state index contributed by atoms with van der Waals surface area (Å²) in [4.78, 5) is 10.9. The molecule has 1 heterocycles. The zero-order chi connectivity index (χ0) is 15.6. The van der Waals surface area contributed by atoms with Crippen LogP contribution < -0.4 is 4.72 Å². The summed E-state index contributed by atoms with van der Waals surface area (Å²) in [6.07, 6.45) is 0.855. The molecule has 0 spiro atoms. The smallest absolute Gasteiger partial charge is 0.335 e. The fourth-order valence-corrected chi connectivity index (χ4v) is 4.36. The van der Waals surface area contributed by atoms with Crippen LogP contribution in [-0.4, -0.2) is 38.7 Å². The Labute approximate surface area is 131 Å². The lowest BCUT2D eigenvalue weighted by molar-refractivity contribution is 0.0696. The van der Waals surface area contributed by atoms with E-state index < -0.39 is 16.0 Å². The summed E-state index contributed by atoms with van der Waals surface area (Å²) in [5.74, 6) is -0.957. The molecule has 2 unspecified atom stereocenters. The van der Waals surface area contributed by atoms with Gasteiger partial charge < -0.3 is 9.84 Å². The Morgan fingerprint density at radius 3 is 2.76 bits per heavy atom. The standard InChI is InChI=1S/C13H16BrNO5S/c1-8-10(4-5-20-8)7-15-21(18,19)12-3-2-9(13(16)17)6-11(12)14/h2-3,6,8,10,15H,4-5,7H2,1H3,(H,16,17). The van der Waals surface area contributed by atoms with Crippen LogP contribution >= 0.6 is 15.9 Å². The van der Waals surface area contributed by atoms with Crippen molar-refractivity contribution in [1.29, 1.82) is 0 Å². The maximum atomic E-state index is 12.3. The third kappa shape index (κ3) is 3.82. The number of carboxylic acid groups (broad SMARTS) is 1. The topological polar surface area (TPSA) is 92.7 Å². The number of aromatic carboxylic acids is 1. The Bertz CT molecular complexity index is 646. The Hall–Kier alpha value is -0.960. The number of hydrogen-bond acceptors (Lipinski definition) is 4. The number of carbonyl (C=O) groups is 1. The molecule has 0 aromatic heterocycles. The van der Waals surface area contributed by atoms with Gasteiger partial charge in [0.1, 0.15) is 0 Å². The summed E-state index contributed by atoms with van der Waals surface area (Å²) in [6, 6.07) is 3.83. The van der Waals surface area contributed by atoms with Gasteiger partial charge in [0, 0.05) is 23.5 Å². The molecule has 1 fully saturated rings. The molecule has 0 radical (unpaired) electrons. The number of rotatable bonds is 5. The van der Waals surface area contributed by atoms with Crippen molar-refractivity contribution in [3.05, 3.63) is 28.2 Å². The summed E-state index contributed by atoms with van der Waals surface area (Å²) < 4.78 is 32.7. The minimum absolute atomic E-state index is 0.0265. The molecule has 0 saturated carbocycles. The first-order chi connectivity index (χ1) is 9.81. The van der Waals surface area contributed by atoms with E-state index in [9.17, 15) is 13.2 Å². The molecule has 1 aliphatic rings. The van der Waals surface area contributed by atoms with E-state index in [2.05, 4.69) is 20.7 Å². The maximum absolute atomic E-state index is 12.3. The van der Waals surface area contributed by atoms with Gasteiger partial charge in [0.25, 0.3) is 0 Å². The van der Waals surface area contributed by atoms with E-state index in [1.54, 1.807) is 0 Å². The molecule has 8 heteroatoms. The van der Waals surface area contributed by atoms with Gasteiger partial charge in [-0.1, -0.05) is 0 Å². The average Bonchev–Trinajstić information content (AvgIpc) is 2.81. The Balaban J connectivity index is 2.14. The quantitative estimate of drug-likeness (QED) is 0.816. The molecule has 6 nitrogen and oxygen atoms in total. The van der Waals surface area contributed by atoms with Gasteiger partial charge in [0.15, 0.2) is 0 Å². The number of hydrogen-bond donors (Lipinski definition) is 2. The van der Waals surface area contributed by atoms with Crippen molar-refractivity contribution in [3.63, 3.8) is 0 Å². The highest BCUT2D eigenvalue weighted by Gasteiger charge is 2.27. The normalized spacial score (nSPS) is 22.4. The third-order valence-electron chi connectivity index (χ3n) is 3.54. The van der Waals surface area contributed by atoms with Crippen LogP contribution in [0.4, 0.5) is 0 Å². The largest absolute Gasteiger partial charge is 0.478 e. The zero-order valence-corrected chi connectivity index (χ0v) is 13.8. The molecule has 0 aliphatic carbocycles. The minimum atomic E-state index is -3.69. The average molecular weight is 378 g/mol. The van der Waals surface area contributed by atoms with Crippen LogP contribution in [-0.2, 0) is 14.8 Å². The van der Waals surface area contributed by atoms with Gasteiger partial charge in [-0.3, -0.25) is 0 Å². The molecule has 1 aromatic carbocycles. The van der Waals surface area contributed by atoms with Crippen molar-refractivity contribution in [1.82, 2.24) is 4.72 Å². The number of halogens is 1. The molecular formula is C13H16BrNO5S. The lowest BCUT2D eigenvalue weighted by Crippen LogP contribution is -2.32. The highest BCUT2D eigenvalue weighted by molar-refractivity contribution is 9.10. The fraction of sp³-hybridized carbons (Fsp3) is 0.462. The SMILES string of the molecule is CC1OCCC1CNS(=O)(=O)c1ccc(C(=O)O)cc1Br. The molecule has 0 bridgehead atoms. The molecular weight excluding hydrogens is 362 g/mol. The second-order valence-electron chi connectivity index (χ2n) is 4.93. The van der Waals surface area contributed by atoms with Gasteiger partial charge in [0.05, 0.1) is 16.6 Å². The molecule has 1 aromatic rings. The van der Waals surface area contributed by atoms with Crippen LogP contribution in [0.15, 0.2) is 27.6 Å². The number of sulfonamides is 1. The van der Waals surface area contributed by atoms with Crippen LogP contribution in [0.3, 0.4) is 0 Å². The van der Waals surface area contributed by atoms with Crippen molar-refractivity contribution in [2.75, 3.05) is 13.2 Å². The predicted molar refractivity (Wildman–Crippen MR) is 79.8 cm³/mol. The van der Waals surface area contributed by atoms with Gasteiger partial charge in [-0.25, -0.2) is 17.9 Å². The van der Waals surface area contributed by atoms with Crippen LogP contribution in [0.25, 0.3) is 0 Å². The summed E-state index contributed by atoms with van der Waals surface area (Å²) in [5, 5.41) is 8.88. The lowest BCUT2D eigenvalue weighted by atomic mass is 10.0. The Morgan fingerprint density at radius 2 is 2.24 bits per heavy atom. The Morgan fingerprint density at radius 1 is 1.52 bits per heavy atom. The maximum Gasteiger partial charge on any atom is 0.335 e. The summed E-state index contributed by atoms with van der Waals surface area (Å²) in [5.41, 5.74) is 0.0265. The number of benzene rings is 1. The number of nitrogens with one attached hydrogen (secondary N) is 1. The van der Waals surface area contributed by atoms with E-state index in [1.807, 2.05) is 6.92 Å². The van der Waals surface area contributed by atoms with Gasteiger partial charge >= 0.3 is 5.97 Å². The second-order valence-corrected chi connectivity index (χ2v) is 7.52. The fourth-order valence-electron chi connectivity index (χ4n) is 2.19. The van der Waals surface area contributed by atoms with Crippen molar-refractivity contribution in [2.45, 2.75) is 24.3 Å². The van der Waals surface area contributed by atoms with Crippen LogP contribution in [0, 0.1) is 5.92 Å². The third-order valence-corrected chi connectivity index (χ3v) is 5.94. The second kappa shape index (κ2) is 6.43. The number of ether oxygens (including phenoxy) is 1. The van der Waals surface area contributed by atoms with Gasteiger partial charge in [0.2, 0.25) is 10.0 Å². The molecule has 2 atom stereocenters. The van der Waals surface area contributed by atoms with Crippen molar-refractivity contribution in [3.8, 4) is 0 Å². The van der Waals surface area contributed by atoms with Crippen molar-refractivity contribution < 1.29 is 23.1 Å². The van der Waals surface area contributed by atoms with E-state index >= 15 is 0 Å². The van der Waals surface area contributed by atoms with Crippen LogP contribution in [0.2, 0.25) is 0 Å². The van der Waals surface area contributed by atoms with E-state index in [0.717, 1.165) is 6.42 Å². The van der Waals surface area contributed by atoms with E-state index in [4.69, 9.17) is 9.84 Å². The monoisotopic (exact) mass is 377 g/mol. The highest BCUT2D eigenvalue weighted by atomic mass is 79.9. The van der Waals surface area contributed by atoms with E-state index in [0.29, 0.717) is 13.2 Å². The van der Waals surface area contributed by atoms with Crippen molar-refractivity contribution >= 4 is 31.9 Å². The predicted octanol–water partition coefficient (Wildman–Crippen LogP) is 1.85. The van der Waals surface area contributed by atoms with E-state index in [1.165, 1.54) is 18.2 Å². The highest BCUT2D eigenvalue weighted by Crippen LogP contribution is 2.24. The summed E-state index contributed by atoms with van der Waals surface area (Å²) >= 11 is 3.11. The summed E-state index contributed by atoms with van der Waals surface area (Å²) in [6.45, 7) is 2.87. The first-order valence-electron chi connectivity index (χ1n) is 6.45. The zero-order valence-electron chi connectivity index (χ0n) is 11.4. The molecule has 0 amide bonds. The molecule has 1 aliphatic heterocycles. The lowest BCUT2D eigenvalue weighted by Gasteiger charge is -2.15. The molecule has 2 N–H and O–H groups in total. The first kappa shape index (κ1) is 16.4. The summed E-state index contributed by atoms with van der Waals surface area (Å²) in [7, 11) is -3.69. The van der Waals surface area contributed by atoms with Gasteiger partial charge in [-0.2, -0.15) is 0 Å². The van der Waals surface area contributed by atoms with Crippen molar-refractivity contribution in [2.24, 2.45) is 5.92 Å². The molecule has 21 heavy (non-hydrogen) atoms. The molecule has 2 rings (SSSR count). The van der Waals surface area contributed by atoms with Crippen LogP contribution in [0.5, 0.6) is 0 Å². The Kier molecular flexibility index (Phi) is 5.03. The van der Waals surface area contributed by atoms with Gasteiger partial charge in [-0.15, -0.1) is 0 Å². The molecule has 1 saturated heterocycles. The van der Waals surface area contributed by atoms with E-state index in [-0.39, 0.29) is 27.0 Å². The minimum Gasteiger partial charge on any atom is -0.478 e. The van der Waals surface area contributed by atoms with Gasteiger partial charge in [-0.05, 0) is 47.5 Å².